The Morgan fingerprint density at radius 3 is 2.72 bits per heavy atom. The fourth-order valence-electron chi connectivity index (χ4n) is 2.46. The number of carbonyl (C=O) groups is 2. The van der Waals surface area contributed by atoms with Gasteiger partial charge in [0.1, 0.15) is 6.04 Å². The van der Waals surface area contributed by atoms with E-state index in [1.807, 2.05) is 6.92 Å². The minimum atomic E-state index is -0.351. The van der Waals surface area contributed by atoms with Gasteiger partial charge in [0.2, 0.25) is 5.91 Å². The van der Waals surface area contributed by atoms with Crippen LogP contribution in [0, 0.1) is 13.8 Å². The molecular weight excluding hydrogens is 232 g/mol. The van der Waals surface area contributed by atoms with E-state index in [4.69, 9.17) is 0 Å². The van der Waals surface area contributed by atoms with Crippen molar-refractivity contribution in [2.75, 3.05) is 13.6 Å². The van der Waals surface area contributed by atoms with E-state index in [9.17, 15) is 9.59 Å². The number of aromatic amines is 1. The molecule has 1 aromatic rings. The Kier molecular flexibility index (Phi) is 3.36. The number of likely N-dealkylation sites (N-methyl/N-ethyl adjacent to an activating group) is 1. The normalized spacial score (nSPS) is 19.1. The Balaban J connectivity index is 2.26. The lowest BCUT2D eigenvalue weighted by molar-refractivity contribution is -0.124. The molecule has 1 unspecified atom stereocenters. The maximum absolute atomic E-state index is 12.5. The van der Waals surface area contributed by atoms with Crippen LogP contribution < -0.4 is 5.32 Å². The smallest absolute Gasteiger partial charge is 0.258 e. The van der Waals surface area contributed by atoms with Crippen LogP contribution in [0.3, 0.4) is 0 Å². The van der Waals surface area contributed by atoms with Gasteiger partial charge in [-0.2, -0.15) is 5.10 Å². The van der Waals surface area contributed by atoms with E-state index in [-0.39, 0.29) is 17.9 Å². The largest absolute Gasteiger partial charge is 0.357 e. The van der Waals surface area contributed by atoms with Gasteiger partial charge in [-0.25, -0.2) is 0 Å². The molecule has 0 aromatic carbocycles. The molecule has 2 amide bonds. The third-order valence-corrected chi connectivity index (χ3v) is 3.40. The number of carbonyl (C=O) groups excluding carboxylic acids is 2. The molecule has 0 saturated carbocycles. The van der Waals surface area contributed by atoms with Crippen molar-refractivity contribution in [1.29, 1.82) is 0 Å². The van der Waals surface area contributed by atoms with Crippen molar-refractivity contribution in [3.05, 3.63) is 17.0 Å². The van der Waals surface area contributed by atoms with Gasteiger partial charge in [-0.15, -0.1) is 0 Å². The highest BCUT2D eigenvalue weighted by molar-refractivity contribution is 5.99. The molecule has 1 aliphatic rings. The Labute approximate surface area is 106 Å². The fourth-order valence-corrected chi connectivity index (χ4v) is 2.46. The van der Waals surface area contributed by atoms with Crippen LogP contribution in [-0.4, -0.2) is 46.5 Å². The average Bonchev–Trinajstić information content (AvgIpc) is 2.95. The van der Waals surface area contributed by atoms with Crippen molar-refractivity contribution in [2.24, 2.45) is 0 Å². The van der Waals surface area contributed by atoms with Gasteiger partial charge in [0, 0.05) is 19.3 Å². The molecule has 18 heavy (non-hydrogen) atoms. The summed E-state index contributed by atoms with van der Waals surface area (Å²) in [5.74, 6) is -0.204. The lowest BCUT2D eigenvalue weighted by Gasteiger charge is -2.23. The molecule has 0 aliphatic carbocycles. The van der Waals surface area contributed by atoms with Crippen molar-refractivity contribution in [2.45, 2.75) is 32.7 Å². The van der Waals surface area contributed by atoms with Crippen LogP contribution in [0.15, 0.2) is 0 Å². The highest BCUT2D eigenvalue weighted by atomic mass is 16.2. The summed E-state index contributed by atoms with van der Waals surface area (Å²) < 4.78 is 0. The van der Waals surface area contributed by atoms with Gasteiger partial charge >= 0.3 is 0 Å². The van der Waals surface area contributed by atoms with Crippen molar-refractivity contribution in [3.8, 4) is 0 Å². The zero-order valence-electron chi connectivity index (χ0n) is 10.9. The third-order valence-electron chi connectivity index (χ3n) is 3.40. The predicted octanol–water partition coefficient (Wildman–Crippen LogP) is 0.377. The summed E-state index contributed by atoms with van der Waals surface area (Å²) in [4.78, 5) is 25.8. The number of aryl methyl sites for hydroxylation is 2. The highest BCUT2D eigenvalue weighted by Crippen LogP contribution is 2.22. The van der Waals surface area contributed by atoms with Crippen molar-refractivity contribution >= 4 is 11.8 Å². The number of nitrogens with zero attached hydrogens (tertiary/aromatic N) is 2. The van der Waals surface area contributed by atoms with Gasteiger partial charge < -0.3 is 10.2 Å². The lowest BCUT2D eigenvalue weighted by Crippen LogP contribution is -2.45. The van der Waals surface area contributed by atoms with Crippen molar-refractivity contribution in [3.63, 3.8) is 0 Å². The van der Waals surface area contributed by atoms with Crippen LogP contribution in [0.25, 0.3) is 0 Å². The molecule has 1 fully saturated rings. The predicted molar refractivity (Wildman–Crippen MR) is 66.2 cm³/mol. The quantitative estimate of drug-likeness (QED) is 0.796. The molecule has 1 aromatic heterocycles. The molecule has 2 heterocycles. The minimum absolute atomic E-state index is 0.0975. The molecule has 98 valence electrons. The molecular formula is C12H18N4O2. The van der Waals surface area contributed by atoms with E-state index in [0.717, 1.165) is 18.5 Å². The zero-order chi connectivity index (χ0) is 13.3. The van der Waals surface area contributed by atoms with Crippen LogP contribution in [0.1, 0.15) is 34.6 Å². The first-order chi connectivity index (χ1) is 8.56. The Morgan fingerprint density at radius 2 is 2.17 bits per heavy atom. The highest BCUT2D eigenvalue weighted by Gasteiger charge is 2.35. The lowest BCUT2D eigenvalue weighted by atomic mass is 10.1. The number of likely N-dealkylation sites (tertiary alicyclic amines) is 1. The number of nitrogens with one attached hydrogen (secondary N) is 2. The molecule has 0 radical (unpaired) electrons. The number of rotatable bonds is 2. The zero-order valence-corrected chi connectivity index (χ0v) is 10.9. The first-order valence-electron chi connectivity index (χ1n) is 6.10. The topological polar surface area (TPSA) is 78.1 Å². The second-order valence-corrected chi connectivity index (χ2v) is 4.58. The monoisotopic (exact) mass is 250 g/mol. The van der Waals surface area contributed by atoms with Crippen LogP contribution in [0.2, 0.25) is 0 Å². The van der Waals surface area contributed by atoms with E-state index in [2.05, 4.69) is 15.5 Å². The Morgan fingerprint density at radius 1 is 1.44 bits per heavy atom. The van der Waals surface area contributed by atoms with Gasteiger partial charge in [0.25, 0.3) is 5.91 Å². The summed E-state index contributed by atoms with van der Waals surface area (Å²) in [5, 5.41) is 9.44. The van der Waals surface area contributed by atoms with Crippen molar-refractivity contribution in [1.82, 2.24) is 20.4 Å². The molecule has 2 rings (SSSR count). The van der Waals surface area contributed by atoms with Gasteiger partial charge in [-0.3, -0.25) is 14.7 Å². The second-order valence-electron chi connectivity index (χ2n) is 4.58. The van der Waals surface area contributed by atoms with Crippen molar-refractivity contribution < 1.29 is 9.59 Å². The first-order valence-corrected chi connectivity index (χ1v) is 6.10. The van der Waals surface area contributed by atoms with Crippen LogP contribution in [0.4, 0.5) is 0 Å². The maximum Gasteiger partial charge on any atom is 0.258 e. The summed E-state index contributed by atoms with van der Waals surface area (Å²) in [6.07, 6.45) is 1.58. The Hall–Kier alpha value is -1.85. The molecule has 1 atom stereocenters. The summed E-state index contributed by atoms with van der Waals surface area (Å²) in [7, 11) is 1.59. The number of H-pyrrole nitrogens is 1. The van der Waals surface area contributed by atoms with Gasteiger partial charge in [-0.05, 0) is 26.7 Å². The van der Waals surface area contributed by atoms with E-state index < -0.39 is 0 Å². The molecule has 6 nitrogen and oxygen atoms in total. The van der Waals surface area contributed by atoms with E-state index in [0.29, 0.717) is 17.8 Å². The fraction of sp³-hybridized carbons (Fsp3) is 0.583. The number of hydrogen-bond acceptors (Lipinski definition) is 3. The van der Waals surface area contributed by atoms with Crippen LogP contribution in [0.5, 0.6) is 0 Å². The molecule has 0 spiro atoms. The maximum atomic E-state index is 12.5. The number of aromatic nitrogens is 2. The second kappa shape index (κ2) is 4.80. The summed E-state index contributed by atoms with van der Waals surface area (Å²) in [6, 6.07) is -0.351. The minimum Gasteiger partial charge on any atom is -0.357 e. The first kappa shape index (κ1) is 12.6. The average molecular weight is 250 g/mol. The van der Waals surface area contributed by atoms with Crippen LogP contribution >= 0.6 is 0 Å². The number of amides is 2. The van der Waals surface area contributed by atoms with Crippen LogP contribution in [-0.2, 0) is 4.79 Å². The van der Waals surface area contributed by atoms with Gasteiger partial charge in [0.15, 0.2) is 0 Å². The van der Waals surface area contributed by atoms with Gasteiger partial charge in [-0.1, -0.05) is 0 Å². The molecule has 1 saturated heterocycles. The van der Waals surface area contributed by atoms with Gasteiger partial charge in [0.05, 0.1) is 11.3 Å². The van der Waals surface area contributed by atoms with E-state index >= 15 is 0 Å². The standard InChI is InChI=1S/C12H18N4O2/c1-7-10(8(2)15-14-7)12(18)16-6-4-5-9(16)11(17)13-3/h9H,4-6H2,1-3H3,(H,13,17)(H,14,15). The molecule has 0 bridgehead atoms. The molecule has 2 N–H and O–H groups in total. The third kappa shape index (κ3) is 1.98. The van der Waals surface area contributed by atoms with E-state index in [1.54, 1.807) is 18.9 Å². The SMILES string of the molecule is CNC(=O)C1CCCN1C(=O)c1c(C)n[nH]c1C. The van der Waals surface area contributed by atoms with E-state index in [1.165, 1.54) is 0 Å². The summed E-state index contributed by atoms with van der Waals surface area (Å²) in [5.41, 5.74) is 2.02. The summed E-state index contributed by atoms with van der Waals surface area (Å²) in [6.45, 7) is 4.24. The molecule has 1 aliphatic heterocycles. The summed E-state index contributed by atoms with van der Waals surface area (Å²) >= 11 is 0. The Bertz CT molecular complexity index is 461. The molecule has 6 heteroatoms. The number of hydrogen-bond donors (Lipinski definition) is 2.